The van der Waals surface area contributed by atoms with Gasteiger partial charge in [-0.05, 0) is 156 Å². The molecule has 366 valence electrons. The molecule has 0 bridgehead atoms. The standard InChI is InChI=1S/C70H46N8/c1-5-13-49(14-6-1)75(50-15-7-2-8-16-50)55-29-33-65-61(43-55)63-45-71-39-37-67(63)77(65)53-25-21-47(22-26-53)57-35-41-73-69-59(57)31-32-60-58(36-42-74-70(60)69)48-23-27-54(28-24-48)78-66-34-30-56(44-62(66)64-46-72-40-38-68(64)78)76(51-17-9-3-10-18-51)52-19-11-4-12-20-52/h1-46H. The Hall–Kier alpha value is -10.7. The zero-order chi connectivity index (χ0) is 51.5. The van der Waals surface area contributed by atoms with Gasteiger partial charge in [0.2, 0.25) is 0 Å². The normalized spacial score (nSPS) is 11.6. The molecule has 0 aliphatic carbocycles. The number of aromatic nitrogens is 6. The van der Waals surface area contributed by atoms with Crippen LogP contribution in [0.1, 0.15) is 0 Å². The lowest BCUT2D eigenvalue weighted by molar-refractivity contribution is 1.17. The monoisotopic (exact) mass is 998 g/mol. The van der Waals surface area contributed by atoms with Crippen molar-refractivity contribution in [1.82, 2.24) is 29.1 Å². The molecule has 0 aliphatic rings. The molecule has 15 aromatic rings. The SMILES string of the molecule is c1ccc(N(c2ccccc2)c2ccc3c(c2)c2cnccc2n3-c2ccc(-c3ccnc4c3ccc3c(-c5ccc(-n6c7ccncc7c7cc(N(c8ccccc8)c8ccccc8)ccc76)cc5)ccnc34)cc2)cc1. The van der Waals surface area contributed by atoms with E-state index in [9.17, 15) is 0 Å². The summed E-state index contributed by atoms with van der Waals surface area (Å²) in [5.41, 5.74) is 19.2. The lowest BCUT2D eigenvalue weighted by Crippen LogP contribution is -2.09. The third-order valence-corrected chi connectivity index (χ3v) is 15.2. The van der Waals surface area contributed by atoms with Crippen molar-refractivity contribution in [3.63, 3.8) is 0 Å². The predicted molar refractivity (Wildman–Crippen MR) is 322 cm³/mol. The van der Waals surface area contributed by atoms with Crippen LogP contribution in [0, 0.1) is 0 Å². The van der Waals surface area contributed by atoms with Crippen LogP contribution in [0.4, 0.5) is 34.1 Å². The summed E-state index contributed by atoms with van der Waals surface area (Å²) in [6.45, 7) is 0. The summed E-state index contributed by atoms with van der Waals surface area (Å²) in [5, 5.41) is 6.57. The molecule has 78 heavy (non-hydrogen) atoms. The van der Waals surface area contributed by atoms with Crippen LogP contribution in [0.3, 0.4) is 0 Å². The first-order chi connectivity index (χ1) is 38.7. The van der Waals surface area contributed by atoms with Crippen LogP contribution in [0.25, 0.3) is 99.0 Å². The first-order valence-electron chi connectivity index (χ1n) is 26.2. The van der Waals surface area contributed by atoms with Crippen LogP contribution in [-0.2, 0) is 0 Å². The van der Waals surface area contributed by atoms with Crippen molar-refractivity contribution in [1.29, 1.82) is 0 Å². The van der Waals surface area contributed by atoms with Crippen LogP contribution in [0.5, 0.6) is 0 Å². The average Bonchev–Trinajstić information content (AvgIpc) is 4.04. The van der Waals surface area contributed by atoms with Crippen molar-refractivity contribution in [2.45, 2.75) is 0 Å². The van der Waals surface area contributed by atoms with Gasteiger partial charge in [0.25, 0.3) is 0 Å². The van der Waals surface area contributed by atoms with Crippen LogP contribution in [0.2, 0.25) is 0 Å². The van der Waals surface area contributed by atoms with Crippen LogP contribution in [0.15, 0.2) is 280 Å². The van der Waals surface area contributed by atoms with Gasteiger partial charge in [0.05, 0.1) is 33.1 Å². The second kappa shape index (κ2) is 18.6. The van der Waals surface area contributed by atoms with Crippen molar-refractivity contribution in [2.75, 3.05) is 9.80 Å². The van der Waals surface area contributed by atoms with Gasteiger partial charge in [-0.25, -0.2) is 0 Å². The summed E-state index contributed by atoms with van der Waals surface area (Å²) in [4.78, 5) is 23.8. The third kappa shape index (κ3) is 7.46. The predicted octanol–water partition coefficient (Wildman–Crippen LogP) is 18.0. The van der Waals surface area contributed by atoms with E-state index in [2.05, 4.69) is 272 Å². The summed E-state index contributed by atoms with van der Waals surface area (Å²) in [5.74, 6) is 0. The largest absolute Gasteiger partial charge is 0.310 e. The summed E-state index contributed by atoms with van der Waals surface area (Å²) in [6, 6.07) is 86.2. The Morgan fingerprint density at radius 3 is 1.00 bits per heavy atom. The lowest BCUT2D eigenvalue weighted by atomic mass is 9.96. The Balaban J connectivity index is 0.760. The van der Waals surface area contributed by atoms with Gasteiger partial charge < -0.3 is 18.9 Å². The highest BCUT2D eigenvalue weighted by atomic mass is 15.1. The molecule has 9 aromatic carbocycles. The lowest BCUT2D eigenvalue weighted by Gasteiger charge is -2.25. The highest BCUT2D eigenvalue weighted by Crippen LogP contribution is 2.43. The van der Waals surface area contributed by atoms with E-state index in [1.807, 2.05) is 37.2 Å². The molecule has 0 saturated heterocycles. The fourth-order valence-electron chi connectivity index (χ4n) is 11.7. The molecule has 8 heteroatoms. The Morgan fingerprint density at radius 1 is 0.269 bits per heavy atom. The molecular formula is C70H46N8. The molecule has 0 amide bonds. The number of benzene rings is 9. The van der Waals surface area contributed by atoms with Gasteiger partial charge in [-0.3, -0.25) is 19.9 Å². The van der Waals surface area contributed by atoms with E-state index in [0.717, 1.165) is 133 Å². The highest BCUT2D eigenvalue weighted by molar-refractivity contribution is 6.13. The number of para-hydroxylation sites is 4. The molecular weight excluding hydrogens is 953 g/mol. The average molecular weight is 999 g/mol. The maximum atomic E-state index is 4.98. The molecule has 0 saturated carbocycles. The molecule has 0 N–H and O–H groups in total. The summed E-state index contributed by atoms with van der Waals surface area (Å²) >= 11 is 0. The molecule has 0 unspecified atom stereocenters. The van der Waals surface area contributed by atoms with Crippen molar-refractivity contribution in [2.24, 2.45) is 0 Å². The fraction of sp³-hybridized carbons (Fsp3) is 0. The van der Waals surface area contributed by atoms with Gasteiger partial charge in [0.1, 0.15) is 0 Å². The fourth-order valence-corrected chi connectivity index (χ4v) is 11.7. The molecule has 0 radical (unpaired) electrons. The Kier molecular flexibility index (Phi) is 10.7. The quantitative estimate of drug-likeness (QED) is 0.127. The Labute approximate surface area is 449 Å². The maximum Gasteiger partial charge on any atom is 0.0970 e. The molecule has 8 nitrogen and oxygen atoms in total. The molecule has 0 atom stereocenters. The van der Waals surface area contributed by atoms with Crippen LogP contribution < -0.4 is 9.80 Å². The second-order valence-corrected chi connectivity index (χ2v) is 19.5. The minimum absolute atomic E-state index is 0.870. The van der Waals surface area contributed by atoms with Crippen molar-refractivity contribution < 1.29 is 0 Å². The minimum atomic E-state index is 0.870. The maximum absolute atomic E-state index is 4.98. The van der Waals surface area contributed by atoms with Gasteiger partial charge in [0, 0.05) is 115 Å². The highest BCUT2D eigenvalue weighted by Gasteiger charge is 2.21. The minimum Gasteiger partial charge on any atom is -0.310 e. The Bertz CT molecular complexity index is 4330. The van der Waals surface area contributed by atoms with Gasteiger partial charge in [-0.1, -0.05) is 109 Å². The van der Waals surface area contributed by atoms with E-state index < -0.39 is 0 Å². The molecule has 0 aliphatic heterocycles. The topological polar surface area (TPSA) is 67.9 Å². The summed E-state index contributed by atoms with van der Waals surface area (Å²) in [6.07, 6.45) is 11.5. The number of pyridine rings is 4. The molecule has 0 fully saturated rings. The summed E-state index contributed by atoms with van der Waals surface area (Å²) < 4.78 is 4.68. The van der Waals surface area contributed by atoms with E-state index in [1.165, 1.54) is 0 Å². The number of hydrogen-bond donors (Lipinski definition) is 0. The Morgan fingerprint density at radius 2 is 0.628 bits per heavy atom. The van der Waals surface area contributed by atoms with E-state index >= 15 is 0 Å². The third-order valence-electron chi connectivity index (χ3n) is 15.2. The van der Waals surface area contributed by atoms with E-state index in [4.69, 9.17) is 9.97 Å². The van der Waals surface area contributed by atoms with Gasteiger partial charge in [-0.15, -0.1) is 0 Å². The summed E-state index contributed by atoms with van der Waals surface area (Å²) in [7, 11) is 0. The van der Waals surface area contributed by atoms with Crippen molar-refractivity contribution in [3.8, 4) is 33.6 Å². The smallest absolute Gasteiger partial charge is 0.0970 e. The molecule has 0 spiro atoms. The number of fused-ring (bicyclic) bond motifs is 9. The number of anilines is 6. The zero-order valence-corrected chi connectivity index (χ0v) is 42.1. The number of nitrogens with zero attached hydrogens (tertiary/aromatic N) is 8. The van der Waals surface area contributed by atoms with Gasteiger partial charge >= 0.3 is 0 Å². The van der Waals surface area contributed by atoms with E-state index in [0.29, 0.717) is 0 Å². The van der Waals surface area contributed by atoms with E-state index in [-0.39, 0.29) is 0 Å². The first kappa shape index (κ1) is 44.8. The van der Waals surface area contributed by atoms with Crippen LogP contribution in [-0.4, -0.2) is 29.1 Å². The van der Waals surface area contributed by atoms with Gasteiger partial charge in [0.15, 0.2) is 0 Å². The van der Waals surface area contributed by atoms with Crippen molar-refractivity contribution >= 4 is 99.5 Å². The number of rotatable bonds is 10. The molecule has 6 heterocycles. The molecule has 15 rings (SSSR count). The van der Waals surface area contributed by atoms with Crippen LogP contribution >= 0.6 is 0 Å². The van der Waals surface area contributed by atoms with Crippen molar-refractivity contribution in [3.05, 3.63) is 280 Å². The first-order valence-corrected chi connectivity index (χ1v) is 26.2. The number of hydrogen-bond acceptors (Lipinski definition) is 6. The van der Waals surface area contributed by atoms with Gasteiger partial charge in [-0.2, -0.15) is 0 Å². The molecule has 6 aromatic heterocycles. The zero-order valence-electron chi connectivity index (χ0n) is 42.1. The second-order valence-electron chi connectivity index (χ2n) is 19.5. The van der Waals surface area contributed by atoms with E-state index in [1.54, 1.807) is 0 Å².